The molecule has 2 aromatic rings. The lowest BCUT2D eigenvalue weighted by atomic mass is 10.1. The first-order valence-corrected chi connectivity index (χ1v) is 8.26. The molecule has 1 saturated heterocycles. The predicted octanol–water partition coefficient (Wildman–Crippen LogP) is 3.33. The first kappa shape index (κ1) is 16.6. The Hall–Kier alpha value is -2.22. The number of hydrogen-bond donors (Lipinski definition) is 0. The minimum Gasteiger partial charge on any atom is -0.353 e. The maximum atomic E-state index is 12.6. The molecule has 0 saturated carbocycles. The van der Waals surface area contributed by atoms with Crippen LogP contribution in [0.1, 0.15) is 15.9 Å². The summed E-state index contributed by atoms with van der Waals surface area (Å²) in [6.45, 7) is 2.60. The molecular weight excluding hydrogens is 345 g/mol. The van der Waals surface area contributed by atoms with Crippen molar-refractivity contribution in [2.75, 3.05) is 31.1 Å². The fourth-order valence-corrected chi connectivity index (χ4v) is 3.00. The third-order valence-corrected chi connectivity index (χ3v) is 4.53. The summed E-state index contributed by atoms with van der Waals surface area (Å²) in [5, 5.41) is 0.914. The first-order chi connectivity index (χ1) is 11.6. The molecule has 4 nitrogen and oxygen atoms in total. The van der Waals surface area contributed by atoms with Gasteiger partial charge in [0.15, 0.2) is 0 Å². The molecule has 2 heterocycles. The summed E-state index contributed by atoms with van der Waals surface area (Å²) in [6, 6.07) is 8.69. The van der Waals surface area contributed by atoms with Crippen LogP contribution in [0.25, 0.3) is 0 Å². The molecule has 6 heteroatoms. The average Bonchev–Trinajstić information content (AvgIpc) is 2.63. The number of halogens is 2. The Morgan fingerprint density at radius 2 is 1.88 bits per heavy atom. The van der Waals surface area contributed by atoms with E-state index in [1.165, 1.54) is 0 Å². The van der Waals surface area contributed by atoms with Crippen LogP contribution in [0.3, 0.4) is 0 Å². The van der Waals surface area contributed by atoms with E-state index in [0.29, 0.717) is 41.8 Å². The average molecular weight is 360 g/mol. The van der Waals surface area contributed by atoms with Crippen LogP contribution in [-0.2, 0) is 0 Å². The zero-order chi connectivity index (χ0) is 17.1. The predicted molar refractivity (Wildman–Crippen MR) is 96.8 cm³/mol. The number of rotatable bonds is 2. The third kappa shape index (κ3) is 3.48. The summed E-state index contributed by atoms with van der Waals surface area (Å²) in [7, 11) is 0. The minimum absolute atomic E-state index is 0.0993. The molecule has 1 aromatic heterocycles. The number of pyridine rings is 1. The number of aromatic nitrogens is 1. The van der Waals surface area contributed by atoms with E-state index >= 15 is 0 Å². The lowest BCUT2D eigenvalue weighted by molar-refractivity contribution is 0.0746. The van der Waals surface area contributed by atoms with E-state index in [0.717, 1.165) is 11.4 Å². The number of hydrogen-bond acceptors (Lipinski definition) is 3. The maximum absolute atomic E-state index is 12.6. The van der Waals surface area contributed by atoms with Crippen LogP contribution >= 0.6 is 23.2 Å². The van der Waals surface area contributed by atoms with Gasteiger partial charge in [0, 0.05) is 43.0 Å². The van der Waals surface area contributed by atoms with Gasteiger partial charge in [0.25, 0.3) is 5.91 Å². The van der Waals surface area contributed by atoms with Crippen LogP contribution in [0.4, 0.5) is 5.82 Å². The van der Waals surface area contributed by atoms with E-state index in [-0.39, 0.29) is 5.91 Å². The van der Waals surface area contributed by atoms with Crippen LogP contribution in [0.2, 0.25) is 10.0 Å². The molecule has 1 aromatic carbocycles. The number of piperazine rings is 1. The lowest BCUT2D eigenvalue weighted by Crippen LogP contribution is -2.49. The van der Waals surface area contributed by atoms with E-state index in [2.05, 4.69) is 15.8 Å². The van der Waals surface area contributed by atoms with Crippen LogP contribution in [0.5, 0.6) is 0 Å². The zero-order valence-electron chi connectivity index (χ0n) is 12.9. The van der Waals surface area contributed by atoms with Gasteiger partial charge in [0.2, 0.25) is 0 Å². The van der Waals surface area contributed by atoms with Gasteiger partial charge < -0.3 is 9.80 Å². The standard InChI is InChI=1S/C18H15Cl2N3O/c1-2-13-3-6-17(21-12-13)22-7-9-23(10-8-22)18(24)15-11-14(19)4-5-16(15)20/h1,3-6,11-12H,7-10H2. The number of nitrogens with zero attached hydrogens (tertiary/aromatic N) is 3. The van der Waals surface area contributed by atoms with Crippen LogP contribution < -0.4 is 4.90 Å². The Kier molecular flexibility index (Phi) is 4.94. The number of benzene rings is 1. The molecule has 1 amide bonds. The van der Waals surface area contributed by atoms with Gasteiger partial charge >= 0.3 is 0 Å². The molecule has 1 fully saturated rings. The second-order valence-electron chi connectivity index (χ2n) is 5.45. The smallest absolute Gasteiger partial charge is 0.255 e. The van der Waals surface area contributed by atoms with Crippen molar-refractivity contribution in [2.24, 2.45) is 0 Å². The highest BCUT2D eigenvalue weighted by atomic mass is 35.5. The van der Waals surface area contributed by atoms with E-state index in [4.69, 9.17) is 29.6 Å². The van der Waals surface area contributed by atoms with Gasteiger partial charge in [0.1, 0.15) is 5.82 Å². The third-order valence-electron chi connectivity index (χ3n) is 3.96. The Morgan fingerprint density at radius 1 is 1.12 bits per heavy atom. The molecule has 3 rings (SSSR count). The Labute approximate surface area is 151 Å². The fraction of sp³-hybridized carbons (Fsp3) is 0.222. The van der Waals surface area contributed by atoms with E-state index < -0.39 is 0 Å². The number of carbonyl (C=O) groups is 1. The minimum atomic E-state index is -0.0993. The van der Waals surface area contributed by atoms with Crippen molar-refractivity contribution in [1.82, 2.24) is 9.88 Å². The normalized spacial score (nSPS) is 14.4. The molecule has 1 aliphatic heterocycles. The van der Waals surface area contributed by atoms with Crippen molar-refractivity contribution in [1.29, 1.82) is 0 Å². The molecule has 122 valence electrons. The van der Waals surface area contributed by atoms with Gasteiger partial charge in [-0.1, -0.05) is 29.1 Å². The van der Waals surface area contributed by atoms with Crippen molar-refractivity contribution in [3.8, 4) is 12.3 Å². The topological polar surface area (TPSA) is 36.4 Å². The van der Waals surface area contributed by atoms with Crippen molar-refractivity contribution in [3.05, 3.63) is 57.7 Å². The second-order valence-corrected chi connectivity index (χ2v) is 6.30. The first-order valence-electron chi connectivity index (χ1n) is 7.50. The Morgan fingerprint density at radius 3 is 2.50 bits per heavy atom. The molecule has 0 bridgehead atoms. The van der Waals surface area contributed by atoms with Crippen molar-refractivity contribution >= 4 is 34.9 Å². The Bertz CT molecular complexity index is 791. The molecule has 1 aliphatic rings. The number of terminal acetylenes is 1. The van der Waals surface area contributed by atoms with Gasteiger partial charge in [0.05, 0.1) is 10.6 Å². The molecule has 0 radical (unpaired) electrons. The van der Waals surface area contributed by atoms with Crippen molar-refractivity contribution in [2.45, 2.75) is 0 Å². The second kappa shape index (κ2) is 7.12. The van der Waals surface area contributed by atoms with Crippen LogP contribution in [0.15, 0.2) is 36.5 Å². The SMILES string of the molecule is C#Cc1ccc(N2CCN(C(=O)c3cc(Cl)ccc3Cl)CC2)nc1. The van der Waals surface area contributed by atoms with E-state index in [9.17, 15) is 4.79 Å². The van der Waals surface area contributed by atoms with Gasteiger partial charge in [-0.25, -0.2) is 4.98 Å². The summed E-state index contributed by atoms with van der Waals surface area (Å²) in [4.78, 5) is 20.9. The van der Waals surface area contributed by atoms with E-state index in [1.807, 2.05) is 12.1 Å². The zero-order valence-corrected chi connectivity index (χ0v) is 14.4. The summed E-state index contributed by atoms with van der Waals surface area (Å²) in [5.41, 5.74) is 1.19. The van der Waals surface area contributed by atoms with Crippen LogP contribution in [-0.4, -0.2) is 42.0 Å². The molecule has 0 N–H and O–H groups in total. The molecule has 0 unspecified atom stereocenters. The van der Waals surface area contributed by atoms with Gasteiger partial charge in [-0.2, -0.15) is 0 Å². The van der Waals surface area contributed by atoms with E-state index in [1.54, 1.807) is 29.3 Å². The maximum Gasteiger partial charge on any atom is 0.255 e. The number of anilines is 1. The largest absolute Gasteiger partial charge is 0.353 e. The number of amides is 1. The summed E-state index contributed by atoms with van der Waals surface area (Å²) in [6.07, 6.45) is 7.02. The highest BCUT2D eigenvalue weighted by Gasteiger charge is 2.24. The molecule has 0 aliphatic carbocycles. The highest BCUT2D eigenvalue weighted by molar-refractivity contribution is 6.35. The van der Waals surface area contributed by atoms with Crippen molar-refractivity contribution in [3.63, 3.8) is 0 Å². The van der Waals surface area contributed by atoms with Crippen molar-refractivity contribution < 1.29 is 4.79 Å². The summed E-state index contributed by atoms with van der Waals surface area (Å²) >= 11 is 12.1. The molecular formula is C18H15Cl2N3O. The number of carbonyl (C=O) groups excluding carboxylic acids is 1. The van der Waals surface area contributed by atoms with Gasteiger partial charge in [-0.3, -0.25) is 4.79 Å². The molecule has 24 heavy (non-hydrogen) atoms. The van der Waals surface area contributed by atoms with Gasteiger partial charge in [-0.15, -0.1) is 6.42 Å². The molecule has 0 atom stereocenters. The molecule has 0 spiro atoms. The van der Waals surface area contributed by atoms with Crippen LogP contribution in [0, 0.1) is 12.3 Å². The monoisotopic (exact) mass is 359 g/mol. The fourth-order valence-electron chi connectivity index (χ4n) is 2.63. The Balaban J connectivity index is 1.67. The summed E-state index contributed by atoms with van der Waals surface area (Å²) in [5.74, 6) is 3.31. The van der Waals surface area contributed by atoms with Gasteiger partial charge in [-0.05, 0) is 30.3 Å². The quantitative estimate of drug-likeness (QED) is 0.771. The lowest BCUT2D eigenvalue weighted by Gasteiger charge is -2.35. The summed E-state index contributed by atoms with van der Waals surface area (Å²) < 4.78 is 0. The highest BCUT2D eigenvalue weighted by Crippen LogP contribution is 2.23.